The second-order valence-corrected chi connectivity index (χ2v) is 4.61. The zero-order valence-corrected chi connectivity index (χ0v) is 10.2. The number of hydrogen-bond donors (Lipinski definition) is 1. The molecule has 2 heteroatoms. The lowest BCUT2D eigenvalue weighted by atomic mass is 10.1. The van der Waals surface area contributed by atoms with Crippen LogP contribution in [0.2, 0.25) is 0 Å². The van der Waals surface area contributed by atoms with Gasteiger partial charge in [0.1, 0.15) is 0 Å². The molecule has 0 saturated carbocycles. The Bertz CT molecular complexity index is 318. The van der Waals surface area contributed by atoms with E-state index in [4.69, 9.17) is 5.73 Å². The zero-order chi connectivity index (χ0) is 11.4. The highest BCUT2D eigenvalue weighted by molar-refractivity contribution is 5.54. The highest BCUT2D eigenvalue weighted by Crippen LogP contribution is 2.21. The van der Waals surface area contributed by atoms with Crippen molar-refractivity contribution in [1.29, 1.82) is 0 Å². The van der Waals surface area contributed by atoms with Crippen LogP contribution >= 0.6 is 0 Å². The summed E-state index contributed by atoms with van der Waals surface area (Å²) in [6, 6.07) is 6.48. The molecule has 0 atom stereocenters. The van der Waals surface area contributed by atoms with E-state index in [0.29, 0.717) is 12.5 Å². The van der Waals surface area contributed by atoms with Crippen molar-refractivity contribution in [2.24, 2.45) is 11.7 Å². The van der Waals surface area contributed by atoms with E-state index in [1.165, 1.54) is 16.8 Å². The summed E-state index contributed by atoms with van der Waals surface area (Å²) < 4.78 is 0. The minimum atomic E-state index is 0.611. The maximum absolute atomic E-state index is 5.76. The molecule has 0 spiro atoms. The van der Waals surface area contributed by atoms with Gasteiger partial charge in [0.05, 0.1) is 0 Å². The Labute approximate surface area is 93.1 Å². The fourth-order valence-corrected chi connectivity index (χ4v) is 1.90. The molecule has 2 nitrogen and oxygen atoms in total. The summed E-state index contributed by atoms with van der Waals surface area (Å²) >= 11 is 0. The molecule has 0 aliphatic carbocycles. The summed E-state index contributed by atoms with van der Waals surface area (Å²) in [5.41, 5.74) is 9.53. The molecule has 0 saturated heterocycles. The van der Waals surface area contributed by atoms with Crippen LogP contribution in [0.1, 0.15) is 25.0 Å². The van der Waals surface area contributed by atoms with Crippen molar-refractivity contribution in [1.82, 2.24) is 0 Å². The molecule has 0 aliphatic rings. The smallest absolute Gasteiger partial charge is 0.0409 e. The number of hydrogen-bond acceptors (Lipinski definition) is 2. The first-order valence-corrected chi connectivity index (χ1v) is 5.55. The standard InChI is InChI=1S/C13H22N2/c1-10(2)9-15(4)13-6-5-11(3)7-12(13)8-14/h5-7,10H,8-9,14H2,1-4H3. The normalized spacial score (nSPS) is 10.8. The summed E-state index contributed by atoms with van der Waals surface area (Å²) in [5, 5.41) is 0. The van der Waals surface area contributed by atoms with E-state index < -0.39 is 0 Å². The highest BCUT2D eigenvalue weighted by Gasteiger charge is 2.07. The Morgan fingerprint density at radius 3 is 2.53 bits per heavy atom. The number of rotatable bonds is 4. The monoisotopic (exact) mass is 206 g/mol. The van der Waals surface area contributed by atoms with Crippen molar-refractivity contribution in [2.75, 3.05) is 18.5 Å². The van der Waals surface area contributed by atoms with Gasteiger partial charge in [-0.05, 0) is 24.5 Å². The van der Waals surface area contributed by atoms with Gasteiger partial charge < -0.3 is 10.6 Å². The Kier molecular flexibility index (Phi) is 4.15. The van der Waals surface area contributed by atoms with E-state index in [1.54, 1.807) is 0 Å². The highest BCUT2D eigenvalue weighted by atomic mass is 15.1. The lowest BCUT2D eigenvalue weighted by Crippen LogP contribution is -2.24. The molecule has 0 amide bonds. The van der Waals surface area contributed by atoms with Crippen LogP contribution in [0.15, 0.2) is 18.2 Å². The third kappa shape index (κ3) is 3.24. The molecule has 2 N–H and O–H groups in total. The van der Waals surface area contributed by atoms with Crippen LogP contribution in [0.3, 0.4) is 0 Å². The van der Waals surface area contributed by atoms with Crippen molar-refractivity contribution in [3.63, 3.8) is 0 Å². The van der Waals surface area contributed by atoms with Gasteiger partial charge >= 0.3 is 0 Å². The first-order chi connectivity index (χ1) is 7.04. The molecule has 1 rings (SSSR count). The second-order valence-electron chi connectivity index (χ2n) is 4.61. The number of anilines is 1. The van der Waals surface area contributed by atoms with Gasteiger partial charge in [0.2, 0.25) is 0 Å². The van der Waals surface area contributed by atoms with Crippen LogP contribution in [0, 0.1) is 12.8 Å². The fourth-order valence-electron chi connectivity index (χ4n) is 1.90. The average molecular weight is 206 g/mol. The van der Waals surface area contributed by atoms with E-state index in [9.17, 15) is 0 Å². The van der Waals surface area contributed by atoms with Crippen molar-refractivity contribution in [3.8, 4) is 0 Å². The molecule has 0 radical (unpaired) electrons. The molecule has 0 aromatic heterocycles. The topological polar surface area (TPSA) is 29.3 Å². The summed E-state index contributed by atoms with van der Waals surface area (Å²) in [6.45, 7) is 8.24. The quantitative estimate of drug-likeness (QED) is 0.820. The summed E-state index contributed by atoms with van der Waals surface area (Å²) in [4.78, 5) is 2.28. The maximum Gasteiger partial charge on any atom is 0.0409 e. The van der Waals surface area contributed by atoms with Crippen molar-refractivity contribution < 1.29 is 0 Å². The van der Waals surface area contributed by atoms with Gasteiger partial charge in [0.25, 0.3) is 0 Å². The van der Waals surface area contributed by atoms with E-state index >= 15 is 0 Å². The number of nitrogens with zero attached hydrogens (tertiary/aromatic N) is 1. The summed E-state index contributed by atoms with van der Waals surface area (Å²) in [6.07, 6.45) is 0. The molecule has 0 unspecified atom stereocenters. The predicted molar refractivity (Wildman–Crippen MR) is 67.2 cm³/mol. The van der Waals surface area contributed by atoms with Gasteiger partial charge in [-0.15, -0.1) is 0 Å². The first-order valence-electron chi connectivity index (χ1n) is 5.55. The van der Waals surface area contributed by atoms with E-state index in [1.807, 2.05) is 0 Å². The Morgan fingerprint density at radius 1 is 1.33 bits per heavy atom. The van der Waals surface area contributed by atoms with Crippen LogP contribution in [0.4, 0.5) is 5.69 Å². The van der Waals surface area contributed by atoms with Gasteiger partial charge in [-0.3, -0.25) is 0 Å². The molecule has 0 bridgehead atoms. The molecule has 15 heavy (non-hydrogen) atoms. The molecule has 1 aromatic carbocycles. The third-order valence-corrected chi connectivity index (χ3v) is 2.51. The van der Waals surface area contributed by atoms with Gasteiger partial charge in [-0.25, -0.2) is 0 Å². The van der Waals surface area contributed by atoms with E-state index in [0.717, 1.165) is 6.54 Å². The number of benzene rings is 1. The maximum atomic E-state index is 5.76. The van der Waals surface area contributed by atoms with Gasteiger partial charge in [0, 0.05) is 25.8 Å². The molecule has 0 fully saturated rings. The molecular formula is C13H22N2. The van der Waals surface area contributed by atoms with Gasteiger partial charge in [-0.1, -0.05) is 31.5 Å². The molecular weight excluding hydrogens is 184 g/mol. The van der Waals surface area contributed by atoms with E-state index in [2.05, 4.69) is 50.9 Å². The van der Waals surface area contributed by atoms with Crippen molar-refractivity contribution in [2.45, 2.75) is 27.3 Å². The summed E-state index contributed by atoms with van der Waals surface area (Å²) in [5.74, 6) is 0.668. The SMILES string of the molecule is Cc1ccc(N(C)CC(C)C)c(CN)c1. The number of aryl methyl sites for hydroxylation is 1. The Balaban J connectivity index is 2.92. The fraction of sp³-hybridized carbons (Fsp3) is 0.538. The largest absolute Gasteiger partial charge is 0.374 e. The van der Waals surface area contributed by atoms with Crippen molar-refractivity contribution in [3.05, 3.63) is 29.3 Å². The van der Waals surface area contributed by atoms with Gasteiger partial charge in [-0.2, -0.15) is 0 Å². The lowest BCUT2D eigenvalue weighted by Gasteiger charge is -2.24. The van der Waals surface area contributed by atoms with Crippen LogP contribution in [0.25, 0.3) is 0 Å². The predicted octanol–water partition coefficient (Wildman–Crippen LogP) is 2.55. The average Bonchev–Trinajstić information content (AvgIpc) is 2.16. The molecule has 0 aliphatic heterocycles. The molecule has 0 heterocycles. The lowest BCUT2D eigenvalue weighted by molar-refractivity contribution is 0.637. The van der Waals surface area contributed by atoms with Crippen LogP contribution in [0.5, 0.6) is 0 Å². The minimum Gasteiger partial charge on any atom is -0.374 e. The zero-order valence-electron chi connectivity index (χ0n) is 10.2. The van der Waals surface area contributed by atoms with Crippen LogP contribution in [-0.2, 0) is 6.54 Å². The Hall–Kier alpha value is -1.02. The van der Waals surface area contributed by atoms with Crippen LogP contribution in [-0.4, -0.2) is 13.6 Å². The van der Waals surface area contributed by atoms with Gasteiger partial charge in [0.15, 0.2) is 0 Å². The third-order valence-electron chi connectivity index (χ3n) is 2.51. The molecule has 1 aromatic rings. The molecule has 84 valence electrons. The second kappa shape index (κ2) is 5.17. The van der Waals surface area contributed by atoms with E-state index in [-0.39, 0.29) is 0 Å². The first kappa shape index (κ1) is 12.1. The Morgan fingerprint density at radius 2 is 2.00 bits per heavy atom. The van der Waals surface area contributed by atoms with Crippen molar-refractivity contribution >= 4 is 5.69 Å². The minimum absolute atomic E-state index is 0.611. The number of nitrogens with two attached hydrogens (primary N) is 1. The van der Waals surface area contributed by atoms with Crippen LogP contribution < -0.4 is 10.6 Å². The summed E-state index contributed by atoms with van der Waals surface area (Å²) in [7, 11) is 2.13.